The molecule has 1 aliphatic rings. The highest BCUT2D eigenvalue weighted by Gasteiger charge is 2.25. The Balaban J connectivity index is 1.85. The van der Waals surface area contributed by atoms with E-state index in [2.05, 4.69) is 72.8 Å². The Bertz CT molecular complexity index is 802. The van der Waals surface area contributed by atoms with Gasteiger partial charge in [0.15, 0.2) is 0 Å². The summed E-state index contributed by atoms with van der Waals surface area (Å²) in [5.74, 6) is 1.32. The van der Waals surface area contributed by atoms with E-state index in [0.29, 0.717) is 5.92 Å². The normalized spacial score (nSPS) is 15.8. The van der Waals surface area contributed by atoms with Gasteiger partial charge in [-0.05, 0) is 46.4 Å². The van der Waals surface area contributed by atoms with Gasteiger partial charge in [-0.1, -0.05) is 60.7 Å². The fraction of sp³-hybridized carbons (Fsp3) is 0.143. The number of rotatable bonds is 2. The van der Waals surface area contributed by atoms with Crippen molar-refractivity contribution in [3.8, 4) is 16.9 Å². The van der Waals surface area contributed by atoms with Crippen molar-refractivity contribution in [3.05, 3.63) is 89.5 Å². The first-order chi connectivity index (χ1) is 10.9. The lowest BCUT2D eigenvalue weighted by atomic mass is 9.76. The molecule has 0 aromatic heterocycles. The summed E-state index contributed by atoms with van der Waals surface area (Å²) in [5, 5.41) is 0. The lowest BCUT2D eigenvalue weighted by Crippen LogP contribution is -2.12. The van der Waals surface area contributed by atoms with Gasteiger partial charge in [0, 0.05) is 5.92 Å². The van der Waals surface area contributed by atoms with Crippen molar-refractivity contribution >= 4 is 0 Å². The lowest BCUT2D eigenvalue weighted by Gasteiger charge is -2.28. The van der Waals surface area contributed by atoms with E-state index in [-0.39, 0.29) is 0 Å². The molecule has 0 bridgehead atoms. The minimum absolute atomic E-state index is 0.414. The molecule has 4 rings (SSSR count). The molecule has 1 heteroatoms. The maximum absolute atomic E-state index is 5.28. The number of ether oxygens (including phenoxy) is 1. The monoisotopic (exact) mass is 286 g/mol. The first kappa shape index (κ1) is 13.1. The van der Waals surface area contributed by atoms with Gasteiger partial charge >= 0.3 is 0 Å². The van der Waals surface area contributed by atoms with Gasteiger partial charge in [0.25, 0.3) is 0 Å². The van der Waals surface area contributed by atoms with Gasteiger partial charge in [-0.25, -0.2) is 0 Å². The lowest BCUT2D eigenvalue weighted by molar-refractivity contribution is 0.414. The Hall–Kier alpha value is -2.54. The van der Waals surface area contributed by atoms with Crippen LogP contribution < -0.4 is 4.74 Å². The zero-order valence-corrected chi connectivity index (χ0v) is 12.6. The van der Waals surface area contributed by atoms with Crippen LogP contribution in [0.2, 0.25) is 0 Å². The average molecular weight is 286 g/mol. The standard InChI is InChI=1S/C21H18O/c1-22-17-12-10-15(11-13-17)21-14-16-6-2-3-7-18(16)19-8-4-5-9-20(19)21/h2-13,21H,14H2,1H3/t21-/m1/s1. The quantitative estimate of drug-likeness (QED) is 0.640. The summed E-state index contributed by atoms with van der Waals surface area (Å²) in [6.45, 7) is 0. The molecular weight excluding hydrogens is 268 g/mol. The predicted molar refractivity (Wildman–Crippen MR) is 90.4 cm³/mol. The van der Waals surface area contributed by atoms with Crippen molar-refractivity contribution in [2.45, 2.75) is 12.3 Å². The number of benzene rings is 3. The van der Waals surface area contributed by atoms with Crippen molar-refractivity contribution in [2.24, 2.45) is 0 Å². The predicted octanol–water partition coefficient (Wildman–Crippen LogP) is 5.05. The molecular formula is C21H18O. The number of fused-ring (bicyclic) bond motifs is 3. The van der Waals surface area contributed by atoms with Gasteiger partial charge in [-0.3, -0.25) is 0 Å². The fourth-order valence-corrected chi connectivity index (χ4v) is 3.47. The van der Waals surface area contributed by atoms with E-state index in [1.54, 1.807) is 7.11 Å². The zero-order chi connectivity index (χ0) is 14.9. The molecule has 0 aliphatic heterocycles. The topological polar surface area (TPSA) is 9.23 Å². The highest BCUT2D eigenvalue weighted by Crippen LogP contribution is 2.42. The summed E-state index contributed by atoms with van der Waals surface area (Å²) in [6.07, 6.45) is 1.06. The Morgan fingerprint density at radius 2 is 1.45 bits per heavy atom. The number of hydrogen-bond donors (Lipinski definition) is 0. The molecule has 0 heterocycles. The molecule has 1 nitrogen and oxygen atoms in total. The van der Waals surface area contributed by atoms with Gasteiger partial charge in [0.05, 0.1) is 7.11 Å². The molecule has 108 valence electrons. The van der Waals surface area contributed by atoms with Gasteiger partial charge in [-0.2, -0.15) is 0 Å². The van der Waals surface area contributed by atoms with Crippen LogP contribution in [-0.4, -0.2) is 7.11 Å². The maximum Gasteiger partial charge on any atom is 0.118 e. The van der Waals surface area contributed by atoms with E-state index >= 15 is 0 Å². The molecule has 0 N–H and O–H groups in total. The summed E-state index contributed by atoms with van der Waals surface area (Å²) in [6, 6.07) is 26.0. The molecule has 0 unspecified atom stereocenters. The number of hydrogen-bond acceptors (Lipinski definition) is 1. The van der Waals surface area contributed by atoms with E-state index < -0.39 is 0 Å². The summed E-state index contributed by atoms with van der Waals surface area (Å²) in [7, 11) is 1.71. The molecule has 0 spiro atoms. The van der Waals surface area contributed by atoms with Crippen molar-refractivity contribution in [1.82, 2.24) is 0 Å². The van der Waals surface area contributed by atoms with Crippen LogP contribution in [0.3, 0.4) is 0 Å². The minimum atomic E-state index is 0.414. The smallest absolute Gasteiger partial charge is 0.118 e. The molecule has 0 radical (unpaired) electrons. The maximum atomic E-state index is 5.28. The van der Waals surface area contributed by atoms with Crippen LogP contribution in [0.15, 0.2) is 72.8 Å². The van der Waals surface area contributed by atoms with Gasteiger partial charge in [-0.15, -0.1) is 0 Å². The molecule has 1 aliphatic carbocycles. The Morgan fingerprint density at radius 3 is 2.23 bits per heavy atom. The van der Waals surface area contributed by atoms with Gasteiger partial charge in [0.1, 0.15) is 5.75 Å². The van der Waals surface area contributed by atoms with Crippen LogP contribution in [0.5, 0.6) is 5.75 Å². The first-order valence-electron chi connectivity index (χ1n) is 7.68. The molecule has 0 fully saturated rings. The summed E-state index contributed by atoms with van der Waals surface area (Å²) in [5.41, 5.74) is 6.95. The van der Waals surface area contributed by atoms with Crippen molar-refractivity contribution in [3.63, 3.8) is 0 Å². The van der Waals surface area contributed by atoms with E-state index in [0.717, 1.165) is 12.2 Å². The highest BCUT2D eigenvalue weighted by molar-refractivity contribution is 5.75. The third-order valence-electron chi connectivity index (χ3n) is 4.59. The minimum Gasteiger partial charge on any atom is -0.497 e. The van der Waals surface area contributed by atoms with Crippen LogP contribution in [0.25, 0.3) is 11.1 Å². The van der Waals surface area contributed by atoms with E-state index in [9.17, 15) is 0 Å². The van der Waals surface area contributed by atoms with Crippen molar-refractivity contribution < 1.29 is 4.74 Å². The molecule has 3 aromatic carbocycles. The van der Waals surface area contributed by atoms with Crippen molar-refractivity contribution in [1.29, 1.82) is 0 Å². The molecule has 0 saturated heterocycles. The Labute approximate surface area is 131 Å². The summed E-state index contributed by atoms with van der Waals surface area (Å²) in [4.78, 5) is 0. The van der Waals surface area contributed by atoms with Gasteiger partial charge < -0.3 is 4.74 Å². The third kappa shape index (κ3) is 2.10. The Kier molecular flexibility index (Phi) is 3.19. The second kappa shape index (κ2) is 5.34. The molecule has 0 saturated carbocycles. The largest absolute Gasteiger partial charge is 0.497 e. The molecule has 1 atom stereocenters. The van der Waals surface area contributed by atoms with Gasteiger partial charge in [0.2, 0.25) is 0 Å². The second-order valence-electron chi connectivity index (χ2n) is 5.77. The van der Waals surface area contributed by atoms with Crippen LogP contribution in [0, 0.1) is 0 Å². The molecule has 0 amide bonds. The number of methoxy groups -OCH3 is 1. The molecule has 3 aromatic rings. The SMILES string of the molecule is COc1ccc([C@H]2Cc3ccccc3-c3ccccc32)cc1. The molecule has 22 heavy (non-hydrogen) atoms. The summed E-state index contributed by atoms with van der Waals surface area (Å²) >= 11 is 0. The zero-order valence-electron chi connectivity index (χ0n) is 12.6. The second-order valence-corrected chi connectivity index (χ2v) is 5.77. The first-order valence-corrected chi connectivity index (χ1v) is 7.68. The summed E-state index contributed by atoms with van der Waals surface area (Å²) < 4.78 is 5.28. The van der Waals surface area contributed by atoms with Crippen LogP contribution >= 0.6 is 0 Å². The average Bonchev–Trinajstić information content (AvgIpc) is 2.61. The van der Waals surface area contributed by atoms with Crippen LogP contribution in [0.1, 0.15) is 22.6 Å². The Morgan fingerprint density at radius 1 is 0.773 bits per heavy atom. The van der Waals surface area contributed by atoms with E-state index in [1.807, 2.05) is 0 Å². The highest BCUT2D eigenvalue weighted by atomic mass is 16.5. The van der Waals surface area contributed by atoms with Crippen molar-refractivity contribution in [2.75, 3.05) is 7.11 Å². The van der Waals surface area contributed by atoms with Crippen LogP contribution in [0.4, 0.5) is 0 Å². The van der Waals surface area contributed by atoms with E-state index in [4.69, 9.17) is 4.74 Å². The van der Waals surface area contributed by atoms with E-state index in [1.165, 1.54) is 27.8 Å². The fourth-order valence-electron chi connectivity index (χ4n) is 3.47. The van der Waals surface area contributed by atoms with Crippen LogP contribution in [-0.2, 0) is 6.42 Å². The third-order valence-corrected chi connectivity index (χ3v) is 4.59.